The predicted octanol–water partition coefficient (Wildman–Crippen LogP) is 6.72. The summed E-state index contributed by atoms with van der Waals surface area (Å²) in [4.78, 5) is 12.7. The van der Waals surface area contributed by atoms with Crippen molar-refractivity contribution in [3.63, 3.8) is 0 Å². The zero-order chi connectivity index (χ0) is 20.1. The molecule has 144 valence electrons. The van der Waals surface area contributed by atoms with Gasteiger partial charge in [-0.05, 0) is 47.3 Å². The van der Waals surface area contributed by atoms with Crippen LogP contribution in [0.15, 0.2) is 57.8 Å². The second kappa shape index (κ2) is 9.34. The molecular formula is C19H18Cl2N6S. The highest BCUT2D eigenvalue weighted by Gasteiger charge is 2.20. The minimum atomic E-state index is 0.179. The zero-order valence-corrected chi connectivity index (χ0v) is 17.7. The van der Waals surface area contributed by atoms with E-state index in [9.17, 15) is 0 Å². The summed E-state index contributed by atoms with van der Waals surface area (Å²) in [6.07, 6.45) is 3.51. The number of hydrogen-bond acceptors (Lipinski definition) is 4. The Morgan fingerprint density at radius 3 is 2.46 bits per heavy atom. The highest BCUT2D eigenvalue weighted by molar-refractivity contribution is 7.99. The summed E-state index contributed by atoms with van der Waals surface area (Å²) >= 11 is 13.9. The van der Waals surface area contributed by atoms with Gasteiger partial charge in [0.1, 0.15) is 10.9 Å². The topological polar surface area (TPSA) is 79.5 Å². The van der Waals surface area contributed by atoms with Crippen molar-refractivity contribution in [3.8, 4) is 0 Å². The first kappa shape index (κ1) is 20.6. The fourth-order valence-electron chi connectivity index (χ4n) is 2.73. The first-order valence-corrected chi connectivity index (χ1v) is 10.2. The smallest absolute Gasteiger partial charge is 0.116 e. The number of imidazole rings is 1. The molecule has 0 unspecified atom stereocenters. The van der Waals surface area contributed by atoms with E-state index < -0.39 is 0 Å². The number of halogens is 2. The predicted molar refractivity (Wildman–Crippen MR) is 113 cm³/mol. The van der Waals surface area contributed by atoms with Crippen LogP contribution in [0.2, 0.25) is 10.0 Å². The summed E-state index contributed by atoms with van der Waals surface area (Å²) in [5, 5.41) is 5.87. The molecule has 9 heteroatoms. The van der Waals surface area contributed by atoms with E-state index in [1.54, 1.807) is 30.2 Å². The van der Waals surface area contributed by atoms with Gasteiger partial charge in [0.15, 0.2) is 0 Å². The minimum Gasteiger partial charge on any atom is -0.318 e. The fraction of sp³-hybridized carbons (Fsp3) is 0.263. The molecule has 0 fully saturated rings. The summed E-state index contributed by atoms with van der Waals surface area (Å²) in [6, 6.07) is 9.37. The molecule has 0 spiro atoms. The number of aromatic nitrogens is 3. The normalized spacial score (nSPS) is 10.9. The summed E-state index contributed by atoms with van der Waals surface area (Å²) in [5.74, 6) is 0.912. The Bertz CT molecular complexity index is 993. The third kappa shape index (κ3) is 5.00. The van der Waals surface area contributed by atoms with E-state index in [1.165, 1.54) is 0 Å². The molecule has 0 saturated heterocycles. The molecule has 0 aliphatic carbocycles. The van der Waals surface area contributed by atoms with Crippen LogP contribution in [0.4, 0.5) is 0 Å². The van der Waals surface area contributed by atoms with E-state index in [0.29, 0.717) is 22.4 Å². The Balaban J connectivity index is 2.10. The number of hydrogen-bond donors (Lipinski definition) is 0. The molecule has 6 nitrogen and oxygen atoms in total. The highest BCUT2D eigenvalue weighted by Crippen LogP contribution is 2.37. The fourth-order valence-corrected chi connectivity index (χ4v) is 4.65. The highest BCUT2D eigenvalue weighted by atomic mass is 35.5. The van der Waals surface area contributed by atoms with E-state index in [0.717, 1.165) is 21.2 Å². The number of benzene rings is 1. The van der Waals surface area contributed by atoms with Crippen molar-refractivity contribution in [2.75, 3.05) is 0 Å². The maximum atomic E-state index is 8.77. The molecule has 28 heavy (non-hydrogen) atoms. The SMILES string of the molecule is CC(C)c1nc(CN=[N+]=[N-])n(Cc2ccncc2)c1Sc1cc(Cl)cc(Cl)c1. The number of azide groups is 1. The Hall–Kier alpha value is -2.18. The minimum absolute atomic E-state index is 0.179. The lowest BCUT2D eigenvalue weighted by Crippen LogP contribution is -2.06. The van der Waals surface area contributed by atoms with Gasteiger partial charge in [0, 0.05) is 38.8 Å². The van der Waals surface area contributed by atoms with Crippen LogP contribution in [-0.2, 0) is 13.1 Å². The zero-order valence-electron chi connectivity index (χ0n) is 15.4. The van der Waals surface area contributed by atoms with Gasteiger partial charge in [-0.25, -0.2) is 4.98 Å². The van der Waals surface area contributed by atoms with Gasteiger partial charge in [-0.2, -0.15) is 0 Å². The standard InChI is InChI=1S/C19H18Cl2N6S/c1-12(2)18-19(28-16-8-14(20)7-15(21)9-16)27(17(25-18)10-24-26-22)11-13-3-5-23-6-4-13/h3-9,12H,10-11H2,1-2H3. The van der Waals surface area contributed by atoms with Gasteiger partial charge in [0.2, 0.25) is 0 Å². The third-order valence-electron chi connectivity index (χ3n) is 3.99. The second-order valence-electron chi connectivity index (χ2n) is 6.41. The molecule has 0 bridgehead atoms. The Morgan fingerprint density at radius 2 is 1.86 bits per heavy atom. The Kier molecular flexibility index (Phi) is 6.86. The molecule has 3 aromatic rings. The summed E-state index contributed by atoms with van der Waals surface area (Å²) in [6.45, 7) is 4.95. The third-order valence-corrected chi connectivity index (χ3v) is 5.52. The number of rotatable bonds is 7. The Labute approximate surface area is 177 Å². The van der Waals surface area contributed by atoms with E-state index in [-0.39, 0.29) is 12.5 Å². The van der Waals surface area contributed by atoms with Crippen LogP contribution in [0.5, 0.6) is 0 Å². The molecule has 0 amide bonds. The van der Waals surface area contributed by atoms with Crippen LogP contribution in [0.3, 0.4) is 0 Å². The van der Waals surface area contributed by atoms with Gasteiger partial charge in [-0.1, -0.05) is 53.9 Å². The van der Waals surface area contributed by atoms with Gasteiger partial charge in [0.25, 0.3) is 0 Å². The van der Waals surface area contributed by atoms with Crippen LogP contribution in [-0.4, -0.2) is 14.5 Å². The van der Waals surface area contributed by atoms with Crippen molar-refractivity contribution in [2.45, 2.75) is 42.8 Å². The second-order valence-corrected chi connectivity index (χ2v) is 8.35. The average molecular weight is 433 g/mol. The van der Waals surface area contributed by atoms with E-state index in [2.05, 4.69) is 33.4 Å². The van der Waals surface area contributed by atoms with Crippen molar-refractivity contribution in [3.05, 3.63) is 80.3 Å². The molecule has 0 saturated carbocycles. The monoisotopic (exact) mass is 432 g/mol. The molecule has 0 aliphatic rings. The van der Waals surface area contributed by atoms with Crippen molar-refractivity contribution in [2.24, 2.45) is 5.11 Å². The van der Waals surface area contributed by atoms with Gasteiger partial charge in [-0.3, -0.25) is 4.98 Å². The molecule has 3 rings (SSSR count). The Morgan fingerprint density at radius 1 is 1.18 bits per heavy atom. The van der Waals surface area contributed by atoms with E-state index >= 15 is 0 Å². The van der Waals surface area contributed by atoms with Crippen molar-refractivity contribution in [1.29, 1.82) is 0 Å². The number of pyridine rings is 1. The molecule has 0 aliphatic heterocycles. The maximum absolute atomic E-state index is 8.77. The van der Waals surface area contributed by atoms with Crippen molar-refractivity contribution < 1.29 is 0 Å². The van der Waals surface area contributed by atoms with Crippen LogP contribution in [0, 0.1) is 0 Å². The molecule has 1 aromatic carbocycles. The van der Waals surface area contributed by atoms with Crippen LogP contribution in [0.1, 0.15) is 36.8 Å². The molecule has 2 aromatic heterocycles. The van der Waals surface area contributed by atoms with Gasteiger partial charge >= 0.3 is 0 Å². The van der Waals surface area contributed by atoms with Crippen molar-refractivity contribution >= 4 is 35.0 Å². The van der Waals surface area contributed by atoms with Gasteiger partial charge in [0.05, 0.1) is 12.2 Å². The van der Waals surface area contributed by atoms with Gasteiger partial charge < -0.3 is 4.57 Å². The van der Waals surface area contributed by atoms with Crippen LogP contribution >= 0.6 is 35.0 Å². The molecule has 2 heterocycles. The van der Waals surface area contributed by atoms with Crippen LogP contribution in [0.25, 0.3) is 10.4 Å². The average Bonchev–Trinajstić information content (AvgIpc) is 2.97. The summed E-state index contributed by atoms with van der Waals surface area (Å²) in [7, 11) is 0. The maximum Gasteiger partial charge on any atom is 0.116 e. The quantitative estimate of drug-likeness (QED) is 0.236. The summed E-state index contributed by atoms with van der Waals surface area (Å²) < 4.78 is 2.08. The number of nitrogens with zero attached hydrogens (tertiary/aromatic N) is 6. The lowest BCUT2D eigenvalue weighted by Gasteiger charge is -2.13. The lowest BCUT2D eigenvalue weighted by molar-refractivity contribution is 0.667. The molecule has 0 atom stereocenters. The first-order chi connectivity index (χ1) is 13.5. The summed E-state index contributed by atoms with van der Waals surface area (Å²) in [5.41, 5.74) is 10.8. The molecule has 0 N–H and O–H groups in total. The lowest BCUT2D eigenvalue weighted by atomic mass is 10.1. The van der Waals surface area contributed by atoms with E-state index in [1.807, 2.05) is 24.3 Å². The van der Waals surface area contributed by atoms with Gasteiger partial charge in [-0.15, -0.1) is 0 Å². The molecule has 0 radical (unpaired) electrons. The van der Waals surface area contributed by atoms with E-state index in [4.69, 9.17) is 33.7 Å². The van der Waals surface area contributed by atoms with Crippen molar-refractivity contribution in [1.82, 2.24) is 14.5 Å². The molecular weight excluding hydrogens is 415 g/mol. The van der Waals surface area contributed by atoms with Crippen LogP contribution < -0.4 is 0 Å². The first-order valence-electron chi connectivity index (χ1n) is 8.61. The largest absolute Gasteiger partial charge is 0.318 e.